The molecule has 2 aromatic heterocycles. The summed E-state index contributed by atoms with van der Waals surface area (Å²) < 4.78 is 0. The molecule has 0 radical (unpaired) electrons. The summed E-state index contributed by atoms with van der Waals surface area (Å²) in [4.78, 5) is 26.8. The molecule has 2 aromatic rings. The molecular formula is C18H26N8O. The van der Waals surface area contributed by atoms with E-state index < -0.39 is 0 Å². The fourth-order valence-corrected chi connectivity index (χ4v) is 2.95. The number of carbonyl (C=O) groups is 1. The molecule has 1 amide bonds. The van der Waals surface area contributed by atoms with Gasteiger partial charge in [-0.3, -0.25) is 4.79 Å². The summed E-state index contributed by atoms with van der Waals surface area (Å²) in [7, 11) is 7.68. The van der Waals surface area contributed by atoms with Gasteiger partial charge in [0.1, 0.15) is 18.0 Å². The minimum atomic E-state index is -0.0665. The number of nitrogens with one attached hydrogen (secondary N) is 1. The van der Waals surface area contributed by atoms with E-state index in [1.807, 2.05) is 55.0 Å². The Morgan fingerprint density at radius 1 is 1.04 bits per heavy atom. The topological polar surface area (TPSA) is 90.4 Å². The molecule has 0 atom stereocenters. The lowest BCUT2D eigenvalue weighted by Crippen LogP contribution is -2.42. The first-order valence-corrected chi connectivity index (χ1v) is 9.00. The van der Waals surface area contributed by atoms with E-state index in [0.29, 0.717) is 18.8 Å². The van der Waals surface area contributed by atoms with Crippen LogP contribution in [0.15, 0.2) is 24.5 Å². The summed E-state index contributed by atoms with van der Waals surface area (Å²) in [5.41, 5.74) is 0.387. The van der Waals surface area contributed by atoms with Gasteiger partial charge in [-0.2, -0.15) is 0 Å². The predicted molar refractivity (Wildman–Crippen MR) is 105 cm³/mol. The molecule has 0 spiro atoms. The molecule has 1 fully saturated rings. The maximum Gasteiger partial charge on any atom is 0.274 e. The van der Waals surface area contributed by atoms with E-state index in [-0.39, 0.29) is 11.9 Å². The smallest absolute Gasteiger partial charge is 0.274 e. The van der Waals surface area contributed by atoms with Crippen molar-refractivity contribution in [2.45, 2.75) is 18.9 Å². The SMILES string of the molecule is CN(C)c1cc(NC2CCN(C(=O)c3ccc(N(C)C)nn3)CC2)ncn1. The second-order valence-corrected chi connectivity index (χ2v) is 7.04. The van der Waals surface area contributed by atoms with Crippen molar-refractivity contribution in [3.63, 3.8) is 0 Å². The third kappa shape index (κ3) is 4.60. The van der Waals surface area contributed by atoms with Gasteiger partial charge in [0, 0.05) is 53.4 Å². The fraction of sp³-hybridized carbons (Fsp3) is 0.500. The maximum atomic E-state index is 12.6. The summed E-state index contributed by atoms with van der Waals surface area (Å²) in [6, 6.07) is 5.76. The molecule has 9 nitrogen and oxygen atoms in total. The third-order valence-corrected chi connectivity index (χ3v) is 4.57. The monoisotopic (exact) mass is 370 g/mol. The van der Waals surface area contributed by atoms with Crippen LogP contribution in [0.5, 0.6) is 0 Å². The average Bonchev–Trinajstić information content (AvgIpc) is 2.68. The number of anilines is 3. The molecule has 1 N–H and O–H groups in total. The van der Waals surface area contributed by atoms with Crippen molar-refractivity contribution in [3.05, 3.63) is 30.2 Å². The van der Waals surface area contributed by atoms with E-state index in [4.69, 9.17) is 0 Å². The highest BCUT2D eigenvalue weighted by atomic mass is 16.2. The van der Waals surface area contributed by atoms with Gasteiger partial charge in [0.05, 0.1) is 0 Å². The van der Waals surface area contributed by atoms with E-state index in [1.54, 1.807) is 12.4 Å². The van der Waals surface area contributed by atoms with Crippen LogP contribution >= 0.6 is 0 Å². The van der Waals surface area contributed by atoms with Crippen molar-refractivity contribution in [3.8, 4) is 0 Å². The van der Waals surface area contributed by atoms with Gasteiger partial charge in [-0.15, -0.1) is 10.2 Å². The zero-order valence-electron chi connectivity index (χ0n) is 16.3. The Morgan fingerprint density at radius 3 is 2.33 bits per heavy atom. The van der Waals surface area contributed by atoms with Crippen molar-refractivity contribution in [1.29, 1.82) is 0 Å². The van der Waals surface area contributed by atoms with Gasteiger partial charge in [-0.05, 0) is 25.0 Å². The molecule has 1 saturated heterocycles. The summed E-state index contributed by atoms with van der Waals surface area (Å²) in [5, 5.41) is 11.6. The number of likely N-dealkylation sites (tertiary alicyclic amines) is 1. The lowest BCUT2D eigenvalue weighted by atomic mass is 10.0. The predicted octanol–water partition coefficient (Wildman–Crippen LogP) is 1.12. The summed E-state index contributed by atoms with van der Waals surface area (Å²) >= 11 is 0. The molecule has 0 bridgehead atoms. The second-order valence-electron chi connectivity index (χ2n) is 7.04. The van der Waals surface area contributed by atoms with Crippen LogP contribution in [0.3, 0.4) is 0 Å². The van der Waals surface area contributed by atoms with Gasteiger partial charge in [0.2, 0.25) is 0 Å². The Hall–Kier alpha value is -2.97. The highest BCUT2D eigenvalue weighted by molar-refractivity contribution is 5.92. The lowest BCUT2D eigenvalue weighted by molar-refractivity contribution is 0.0711. The van der Waals surface area contributed by atoms with Crippen LogP contribution in [0.4, 0.5) is 17.5 Å². The molecular weight excluding hydrogens is 344 g/mol. The summed E-state index contributed by atoms with van der Waals surface area (Å²) in [6.07, 6.45) is 3.28. The molecule has 3 heterocycles. The number of hydrogen-bond donors (Lipinski definition) is 1. The summed E-state index contributed by atoms with van der Waals surface area (Å²) in [6.45, 7) is 1.36. The molecule has 0 saturated carbocycles. The van der Waals surface area contributed by atoms with E-state index in [9.17, 15) is 4.79 Å². The second kappa shape index (κ2) is 8.15. The number of amides is 1. The molecule has 9 heteroatoms. The van der Waals surface area contributed by atoms with E-state index in [2.05, 4.69) is 25.5 Å². The minimum absolute atomic E-state index is 0.0665. The quantitative estimate of drug-likeness (QED) is 0.837. The van der Waals surface area contributed by atoms with Crippen LogP contribution in [-0.4, -0.2) is 78.3 Å². The highest BCUT2D eigenvalue weighted by Crippen LogP contribution is 2.19. The van der Waals surface area contributed by atoms with Gasteiger partial charge < -0.3 is 20.0 Å². The highest BCUT2D eigenvalue weighted by Gasteiger charge is 2.25. The molecule has 0 unspecified atom stereocenters. The number of nitrogens with zero attached hydrogens (tertiary/aromatic N) is 7. The first-order valence-electron chi connectivity index (χ1n) is 9.00. The Kier molecular flexibility index (Phi) is 5.68. The lowest BCUT2D eigenvalue weighted by Gasteiger charge is -2.32. The van der Waals surface area contributed by atoms with Crippen LogP contribution in [0.2, 0.25) is 0 Å². The van der Waals surface area contributed by atoms with Gasteiger partial charge in [-0.1, -0.05) is 0 Å². The number of hydrogen-bond acceptors (Lipinski definition) is 8. The zero-order valence-corrected chi connectivity index (χ0v) is 16.3. The normalized spacial score (nSPS) is 14.7. The van der Waals surface area contributed by atoms with Crippen molar-refractivity contribution >= 4 is 23.4 Å². The number of piperidine rings is 1. The molecule has 1 aliphatic rings. The van der Waals surface area contributed by atoms with Crippen LogP contribution in [0.1, 0.15) is 23.3 Å². The van der Waals surface area contributed by atoms with Gasteiger partial charge >= 0.3 is 0 Å². The average molecular weight is 370 g/mol. The van der Waals surface area contributed by atoms with Gasteiger partial charge in [0.15, 0.2) is 11.5 Å². The Labute approximate surface area is 159 Å². The minimum Gasteiger partial charge on any atom is -0.367 e. The van der Waals surface area contributed by atoms with Crippen molar-refractivity contribution < 1.29 is 4.79 Å². The van der Waals surface area contributed by atoms with Crippen molar-refractivity contribution in [1.82, 2.24) is 25.1 Å². The maximum absolute atomic E-state index is 12.6. The molecule has 144 valence electrons. The Bertz CT molecular complexity index is 769. The Balaban J connectivity index is 1.55. The van der Waals surface area contributed by atoms with Gasteiger partial charge in [-0.25, -0.2) is 9.97 Å². The van der Waals surface area contributed by atoms with Crippen LogP contribution in [0.25, 0.3) is 0 Å². The third-order valence-electron chi connectivity index (χ3n) is 4.57. The molecule has 3 rings (SSSR count). The molecule has 1 aliphatic heterocycles. The first-order chi connectivity index (χ1) is 12.9. The van der Waals surface area contributed by atoms with Crippen molar-refractivity contribution in [2.24, 2.45) is 0 Å². The fourth-order valence-electron chi connectivity index (χ4n) is 2.95. The number of aromatic nitrogens is 4. The van der Waals surface area contributed by atoms with E-state index in [0.717, 1.165) is 30.3 Å². The Morgan fingerprint density at radius 2 is 1.74 bits per heavy atom. The molecule has 27 heavy (non-hydrogen) atoms. The van der Waals surface area contributed by atoms with E-state index >= 15 is 0 Å². The van der Waals surface area contributed by atoms with Crippen molar-refractivity contribution in [2.75, 3.05) is 56.4 Å². The largest absolute Gasteiger partial charge is 0.367 e. The first kappa shape index (κ1) is 18.8. The van der Waals surface area contributed by atoms with Crippen LogP contribution in [0, 0.1) is 0 Å². The zero-order chi connectivity index (χ0) is 19.4. The molecule has 0 aromatic carbocycles. The van der Waals surface area contributed by atoms with Crippen LogP contribution < -0.4 is 15.1 Å². The molecule has 0 aliphatic carbocycles. The van der Waals surface area contributed by atoms with Gasteiger partial charge in [0.25, 0.3) is 5.91 Å². The number of carbonyl (C=O) groups excluding carboxylic acids is 1. The number of rotatable bonds is 5. The van der Waals surface area contributed by atoms with E-state index in [1.165, 1.54) is 0 Å². The van der Waals surface area contributed by atoms with Crippen LogP contribution in [-0.2, 0) is 0 Å². The summed E-state index contributed by atoms with van der Waals surface area (Å²) in [5.74, 6) is 2.34. The standard InChI is InChI=1S/C18H26N8O/c1-24(2)16-6-5-14(22-23-16)18(27)26-9-7-13(8-10-26)21-15-11-17(25(3)4)20-12-19-15/h5-6,11-13H,7-10H2,1-4H3,(H,19,20,21).